The number of rotatable bonds is 3. The summed E-state index contributed by atoms with van der Waals surface area (Å²) in [6, 6.07) is 15.8. The molecule has 0 unspecified atom stereocenters. The molecule has 0 bridgehead atoms. The number of nitrogens with zero attached hydrogens (tertiary/aromatic N) is 3. The fourth-order valence-electron chi connectivity index (χ4n) is 2.57. The number of fused-ring (bicyclic) bond motifs is 1. The Labute approximate surface area is 155 Å². The first kappa shape index (κ1) is 17.1. The number of hydrogen-bond acceptors (Lipinski definition) is 4. The average Bonchev–Trinajstić information content (AvgIpc) is 3.25. The maximum Gasteiger partial charge on any atom is 0.435 e. The lowest BCUT2D eigenvalue weighted by molar-refractivity contribution is -0.141. The Hall–Kier alpha value is -2.32. The Balaban J connectivity index is 1.90. The van der Waals surface area contributed by atoms with Crippen molar-refractivity contribution in [1.29, 1.82) is 0 Å². The molecule has 0 N–H and O–H groups in total. The van der Waals surface area contributed by atoms with E-state index in [4.69, 9.17) is 0 Å². The van der Waals surface area contributed by atoms with Gasteiger partial charge in [-0.05, 0) is 48.7 Å². The first-order valence-corrected chi connectivity index (χ1v) is 9.67. The van der Waals surface area contributed by atoms with Crippen molar-refractivity contribution in [3.8, 4) is 16.4 Å². The summed E-state index contributed by atoms with van der Waals surface area (Å²) >= 11 is 2.91. The molecule has 2 aromatic carbocycles. The molecule has 26 heavy (non-hydrogen) atoms. The molecule has 0 aliphatic carbocycles. The Bertz CT molecular complexity index is 1030. The third kappa shape index (κ3) is 3.10. The lowest BCUT2D eigenvalue weighted by atomic mass is 10.3. The Kier molecular flexibility index (Phi) is 4.24. The molecule has 2 heterocycles. The van der Waals surface area contributed by atoms with Crippen LogP contribution < -0.4 is 0 Å². The van der Waals surface area contributed by atoms with Crippen LogP contribution in [0.5, 0.6) is 0 Å². The fourth-order valence-corrected chi connectivity index (χ4v) is 3.95. The van der Waals surface area contributed by atoms with E-state index in [0.29, 0.717) is 16.4 Å². The number of thioether (sulfide) groups is 1. The van der Waals surface area contributed by atoms with Gasteiger partial charge in [-0.15, -0.1) is 23.1 Å². The van der Waals surface area contributed by atoms with Crippen molar-refractivity contribution in [2.24, 2.45) is 0 Å². The molecule has 4 rings (SSSR count). The van der Waals surface area contributed by atoms with Crippen molar-refractivity contribution >= 4 is 33.3 Å². The van der Waals surface area contributed by atoms with E-state index >= 15 is 0 Å². The minimum atomic E-state index is -4.52. The van der Waals surface area contributed by atoms with E-state index in [9.17, 15) is 13.2 Å². The third-order valence-corrected chi connectivity index (χ3v) is 5.63. The third-order valence-electron chi connectivity index (χ3n) is 3.83. The molecular weight excluding hydrogens is 379 g/mol. The quantitative estimate of drug-likeness (QED) is 0.408. The summed E-state index contributed by atoms with van der Waals surface area (Å²) in [4.78, 5) is 5.51. The normalized spacial score (nSPS) is 12.0. The zero-order valence-corrected chi connectivity index (χ0v) is 15.1. The molecule has 3 nitrogen and oxygen atoms in total. The molecule has 0 atom stereocenters. The highest BCUT2D eigenvalue weighted by Crippen LogP contribution is 2.36. The van der Waals surface area contributed by atoms with Gasteiger partial charge in [0.15, 0.2) is 5.69 Å². The highest BCUT2D eigenvalue weighted by Gasteiger charge is 2.35. The second-order valence-corrected chi connectivity index (χ2v) is 7.42. The lowest BCUT2D eigenvalue weighted by Gasteiger charge is -2.06. The van der Waals surface area contributed by atoms with Crippen LogP contribution in [0.15, 0.2) is 59.5 Å². The molecule has 0 radical (unpaired) electrons. The summed E-state index contributed by atoms with van der Waals surface area (Å²) in [6.45, 7) is 0. The predicted molar refractivity (Wildman–Crippen MR) is 99.0 cm³/mol. The van der Waals surface area contributed by atoms with Crippen LogP contribution in [-0.2, 0) is 6.18 Å². The second-order valence-electron chi connectivity index (χ2n) is 5.51. The SMILES string of the molecule is CSc1ccc(-n2nc(C(F)(F)F)cc2-c2nc3ccccc3s2)cc1. The van der Waals surface area contributed by atoms with Gasteiger partial charge < -0.3 is 0 Å². The van der Waals surface area contributed by atoms with Crippen LogP contribution in [0, 0.1) is 0 Å². The van der Waals surface area contributed by atoms with Crippen LogP contribution >= 0.6 is 23.1 Å². The number of alkyl halides is 3. The summed E-state index contributed by atoms with van der Waals surface area (Å²) < 4.78 is 41.9. The summed E-state index contributed by atoms with van der Waals surface area (Å²) in [6.07, 6.45) is -2.58. The van der Waals surface area contributed by atoms with Gasteiger partial charge >= 0.3 is 6.18 Å². The molecule has 2 aromatic heterocycles. The van der Waals surface area contributed by atoms with E-state index in [1.807, 2.05) is 42.7 Å². The van der Waals surface area contributed by atoms with Crippen molar-refractivity contribution in [2.75, 3.05) is 6.26 Å². The Morgan fingerprint density at radius 1 is 1.04 bits per heavy atom. The van der Waals surface area contributed by atoms with Gasteiger partial charge in [-0.3, -0.25) is 0 Å². The van der Waals surface area contributed by atoms with Gasteiger partial charge in [-0.25, -0.2) is 9.67 Å². The van der Waals surface area contributed by atoms with Crippen LogP contribution in [-0.4, -0.2) is 21.0 Å². The molecule has 132 valence electrons. The summed E-state index contributed by atoms with van der Waals surface area (Å²) in [5.74, 6) is 0. The van der Waals surface area contributed by atoms with E-state index in [1.165, 1.54) is 16.0 Å². The minimum Gasteiger partial charge on any atom is -0.234 e. The van der Waals surface area contributed by atoms with Crippen molar-refractivity contribution in [2.45, 2.75) is 11.1 Å². The van der Waals surface area contributed by atoms with Gasteiger partial charge in [0.1, 0.15) is 10.7 Å². The highest BCUT2D eigenvalue weighted by atomic mass is 32.2. The number of thiazole rings is 1. The van der Waals surface area contributed by atoms with Crippen LogP contribution in [0.25, 0.3) is 26.6 Å². The van der Waals surface area contributed by atoms with Crippen molar-refractivity contribution in [1.82, 2.24) is 14.8 Å². The number of benzene rings is 2. The number of halogens is 3. The molecule has 0 amide bonds. The van der Waals surface area contributed by atoms with Crippen LogP contribution in [0.2, 0.25) is 0 Å². The van der Waals surface area contributed by atoms with Gasteiger partial charge in [0.25, 0.3) is 0 Å². The summed E-state index contributed by atoms with van der Waals surface area (Å²) in [5.41, 5.74) is 0.718. The molecule has 0 spiro atoms. The predicted octanol–water partition coefficient (Wildman–Crippen LogP) is 5.89. The maximum atomic E-state index is 13.2. The van der Waals surface area contributed by atoms with E-state index < -0.39 is 11.9 Å². The minimum absolute atomic E-state index is 0.329. The lowest BCUT2D eigenvalue weighted by Crippen LogP contribution is -2.07. The van der Waals surface area contributed by atoms with E-state index in [-0.39, 0.29) is 0 Å². The smallest absolute Gasteiger partial charge is 0.234 e. The van der Waals surface area contributed by atoms with Crippen LogP contribution in [0.3, 0.4) is 0 Å². The van der Waals surface area contributed by atoms with Gasteiger partial charge in [0.05, 0.1) is 15.9 Å². The van der Waals surface area contributed by atoms with E-state index in [2.05, 4.69) is 10.1 Å². The maximum absolute atomic E-state index is 13.2. The summed E-state index contributed by atoms with van der Waals surface area (Å²) in [5, 5.41) is 4.31. The van der Waals surface area contributed by atoms with E-state index in [1.54, 1.807) is 23.9 Å². The van der Waals surface area contributed by atoms with Crippen molar-refractivity contribution in [3.63, 3.8) is 0 Å². The van der Waals surface area contributed by atoms with Crippen LogP contribution in [0.4, 0.5) is 13.2 Å². The molecule has 0 saturated heterocycles. The first-order chi connectivity index (χ1) is 12.5. The molecular formula is C18H12F3N3S2. The Morgan fingerprint density at radius 2 is 1.77 bits per heavy atom. The Morgan fingerprint density at radius 3 is 2.42 bits per heavy atom. The number of aromatic nitrogens is 3. The monoisotopic (exact) mass is 391 g/mol. The van der Waals surface area contributed by atoms with Crippen LogP contribution in [0.1, 0.15) is 5.69 Å². The fraction of sp³-hybridized carbons (Fsp3) is 0.111. The zero-order chi connectivity index (χ0) is 18.3. The van der Waals surface area contributed by atoms with Crippen molar-refractivity contribution in [3.05, 3.63) is 60.3 Å². The van der Waals surface area contributed by atoms with Gasteiger partial charge in [0.2, 0.25) is 0 Å². The second kappa shape index (κ2) is 6.44. The molecule has 0 saturated carbocycles. The molecule has 0 fully saturated rings. The van der Waals surface area contributed by atoms with E-state index in [0.717, 1.165) is 21.2 Å². The zero-order valence-electron chi connectivity index (χ0n) is 13.5. The largest absolute Gasteiger partial charge is 0.435 e. The van der Waals surface area contributed by atoms with Gasteiger partial charge in [-0.2, -0.15) is 18.3 Å². The molecule has 8 heteroatoms. The first-order valence-electron chi connectivity index (χ1n) is 7.63. The molecule has 4 aromatic rings. The molecule has 0 aliphatic rings. The topological polar surface area (TPSA) is 30.7 Å². The number of hydrogen-bond donors (Lipinski definition) is 0. The van der Waals surface area contributed by atoms with Crippen molar-refractivity contribution < 1.29 is 13.2 Å². The standard InChI is InChI=1S/C18H12F3N3S2/c1-25-12-8-6-11(7-9-12)24-14(10-16(23-24)18(19,20)21)17-22-13-4-2-3-5-15(13)26-17/h2-10H,1H3. The summed E-state index contributed by atoms with van der Waals surface area (Å²) in [7, 11) is 0. The molecule has 0 aliphatic heterocycles. The highest BCUT2D eigenvalue weighted by molar-refractivity contribution is 7.98. The van der Waals surface area contributed by atoms with Gasteiger partial charge in [0, 0.05) is 4.90 Å². The number of para-hydroxylation sites is 1. The van der Waals surface area contributed by atoms with Gasteiger partial charge in [-0.1, -0.05) is 12.1 Å². The average molecular weight is 391 g/mol.